The summed E-state index contributed by atoms with van der Waals surface area (Å²) in [6, 6.07) is 8.33. The van der Waals surface area contributed by atoms with E-state index in [-0.39, 0.29) is 11.4 Å². The summed E-state index contributed by atoms with van der Waals surface area (Å²) >= 11 is 0.640. The molecule has 0 radical (unpaired) electrons. The number of nitrogens with zero attached hydrogens (tertiary/aromatic N) is 2. The van der Waals surface area contributed by atoms with Crippen LogP contribution in [-0.4, -0.2) is 45.9 Å². The summed E-state index contributed by atoms with van der Waals surface area (Å²) in [4.78, 5) is 41.6. The normalized spacial score (nSPS) is 12.8. The molecule has 0 aliphatic carbocycles. The number of aromatic amines is 2. The highest BCUT2D eigenvalue weighted by molar-refractivity contribution is 7.94. The van der Waals surface area contributed by atoms with Gasteiger partial charge in [0.15, 0.2) is 5.78 Å². The number of hydrogen-bond acceptors (Lipinski definition) is 11. The van der Waals surface area contributed by atoms with Crippen molar-refractivity contribution in [3.05, 3.63) is 58.5 Å². The summed E-state index contributed by atoms with van der Waals surface area (Å²) in [6.07, 6.45) is 0. The van der Waals surface area contributed by atoms with Crippen LogP contribution in [0.25, 0.3) is 21.8 Å². The van der Waals surface area contributed by atoms with E-state index in [9.17, 15) is 27.4 Å². The third-order valence-corrected chi connectivity index (χ3v) is 6.72. The van der Waals surface area contributed by atoms with Crippen LogP contribution in [0.4, 0.5) is 11.4 Å². The molecule has 5 N–H and O–H groups in total. The average Bonchev–Trinajstić information content (AvgIpc) is 3.20. The van der Waals surface area contributed by atoms with Gasteiger partial charge in [0, 0.05) is 16.0 Å². The Morgan fingerprint density at radius 3 is 2.53 bits per heavy atom. The highest BCUT2D eigenvalue weighted by Gasteiger charge is 2.24. The summed E-state index contributed by atoms with van der Waals surface area (Å²) < 4.78 is 37.8. The zero-order valence-corrected chi connectivity index (χ0v) is 21.2. The van der Waals surface area contributed by atoms with E-state index in [1.165, 1.54) is 24.3 Å². The fourth-order valence-electron chi connectivity index (χ4n) is 3.74. The lowest BCUT2D eigenvalue weighted by atomic mass is 10.0. The van der Waals surface area contributed by atoms with Crippen molar-refractivity contribution in [2.45, 2.75) is 29.7 Å². The van der Waals surface area contributed by atoms with Gasteiger partial charge >= 0.3 is 5.69 Å². The summed E-state index contributed by atoms with van der Waals surface area (Å²) in [7, 11) is -4.67. The van der Waals surface area contributed by atoms with Crippen molar-refractivity contribution in [3.8, 4) is 0 Å². The van der Waals surface area contributed by atoms with Crippen molar-refractivity contribution >= 4 is 67.0 Å². The largest absolute Gasteiger partial charge is 0.324 e. The molecule has 4 rings (SSSR count). The van der Waals surface area contributed by atoms with E-state index in [0.717, 1.165) is 13.0 Å². The predicted octanol–water partition coefficient (Wildman–Crippen LogP) is 3.67. The third-order valence-electron chi connectivity index (χ3n) is 5.33. The first kappa shape index (κ1) is 27.1. The van der Waals surface area contributed by atoms with E-state index in [1.54, 1.807) is 19.1 Å². The number of Topliss-reactive ketones (excluding diaryl/α,β-unsaturated/α-hetero) is 1. The van der Waals surface area contributed by atoms with Gasteiger partial charge in [-0.25, -0.2) is 10.1 Å². The van der Waals surface area contributed by atoms with Crippen LogP contribution in [0.3, 0.4) is 0 Å². The molecule has 0 saturated heterocycles. The molecule has 198 valence electrons. The number of nitrogens with one attached hydrogen (secondary N) is 3. The van der Waals surface area contributed by atoms with E-state index in [0.29, 0.717) is 44.3 Å². The molecule has 0 aliphatic rings. The fraction of sp³-hybridized carbons (Fsp3) is 0.136. The van der Waals surface area contributed by atoms with Crippen LogP contribution in [0.2, 0.25) is 0 Å². The molecule has 1 amide bonds. The Morgan fingerprint density at radius 2 is 1.84 bits per heavy atom. The highest BCUT2D eigenvalue weighted by atomic mass is 32.2. The van der Waals surface area contributed by atoms with Crippen molar-refractivity contribution in [1.29, 1.82) is 0 Å². The maximum Gasteiger partial charge on any atom is 0.323 e. The van der Waals surface area contributed by atoms with Gasteiger partial charge in [-0.1, -0.05) is 5.04 Å². The molecule has 1 aromatic heterocycles. The van der Waals surface area contributed by atoms with E-state index in [4.69, 9.17) is 5.26 Å². The Labute approximate surface area is 217 Å². The Balaban J connectivity index is 1.72. The number of ketones is 1. The first-order valence-corrected chi connectivity index (χ1v) is 12.8. The lowest BCUT2D eigenvalue weighted by Gasteiger charge is -2.12. The zero-order valence-electron chi connectivity index (χ0n) is 19.6. The van der Waals surface area contributed by atoms with Crippen LogP contribution in [0.1, 0.15) is 12.5 Å². The Kier molecular flexibility index (Phi) is 7.72. The average molecular weight is 562 g/mol. The van der Waals surface area contributed by atoms with Gasteiger partial charge in [0.2, 0.25) is 6.04 Å². The predicted molar refractivity (Wildman–Crippen MR) is 136 cm³/mol. The van der Waals surface area contributed by atoms with Crippen molar-refractivity contribution in [1.82, 2.24) is 9.97 Å². The Bertz CT molecular complexity index is 1760. The number of aromatic nitrogens is 2. The number of carbonyl (C=O) groups is 2. The molecule has 0 spiro atoms. The second-order valence-electron chi connectivity index (χ2n) is 8.04. The molecule has 4 aromatic rings. The van der Waals surface area contributed by atoms with Gasteiger partial charge in [-0.05, 0) is 67.3 Å². The van der Waals surface area contributed by atoms with Gasteiger partial charge in [0.1, 0.15) is 0 Å². The number of H-pyrrole nitrogens is 2. The number of rotatable bonds is 9. The quantitative estimate of drug-likeness (QED) is 0.0499. The lowest BCUT2D eigenvalue weighted by molar-refractivity contribution is -0.432. The zero-order chi connectivity index (χ0) is 27.6. The molecule has 14 nitrogen and oxygen atoms in total. The lowest BCUT2D eigenvalue weighted by Crippen LogP contribution is -2.31. The second-order valence-corrected chi connectivity index (χ2v) is 10.2. The number of carbonyl (C=O) groups excluding carboxylic acids is 2. The van der Waals surface area contributed by atoms with Gasteiger partial charge in [0.05, 0.1) is 33.7 Å². The van der Waals surface area contributed by atoms with E-state index >= 15 is 0 Å². The molecule has 38 heavy (non-hydrogen) atoms. The first-order valence-electron chi connectivity index (χ1n) is 10.6. The standard InChI is InChI=1S/C22H19N5O9S2/c1-10-5-14(37-36-35-31)6-12-7-15(38(32,33)34)9-18(19(10)12)26-27-20(11(2)28)21(29)23-13-3-4-16-17(8-13)25-22(30)24-16/h3-9,20,31H,1-2H3,(H,23,29)(H2,24,25,30)(H,32,33,34). The van der Waals surface area contributed by atoms with Crippen molar-refractivity contribution in [2.75, 3.05) is 5.32 Å². The Morgan fingerprint density at radius 1 is 1.11 bits per heavy atom. The van der Waals surface area contributed by atoms with Gasteiger partial charge in [-0.2, -0.15) is 18.6 Å². The summed E-state index contributed by atoms with van der Waals surface area (Å²) in [6.45, 7) is 2.82. The third kappa shape index (κ3) is 5.96. The maximum absolute atomic E-state index is 12.9. The van der Waals surface area contributed by atoms with Gasteiger partial charge in [0.25, 0.3) is 16.0 Å². The number of amides is 1. The summed E-state index contributed by atoms with van der Waals surface area (Å²) in [5.41, 5.74) is 1.36. The van der Waals surface area contributed by atoms with Crippen molar-refractivity contribution in [2.24, 2.45) is 10.2 Å². The molecule has 0 saturated carbocycles. The van der Waals surface area contributed by atoms with E-state index in [2.05, 4.69) is 34.9 Å². The molecule has 0 bridgehead atoms. The van der Waals surface area contributed by atoms with Crippen LogP contribution in [-0.2, 0) is 29.1 Å². The summed E-state index contributed by atoms with van der Waals surface area (Å²) in [5, 5.41) is 23.1. The van der Waals surface area contributed by atoms with E-state index in [1.807, 2.05) is 0 Å². The van der Waals surface area contributed by atoms with Crippen LogP contribution in [0, 0.1) is 6.92 Å². The minimum atomic E-state index is -4.67. The van der Waals surface area contributed by atoms with E-state index < -0.39 is 38.4 Å². The van der Waals surface area contributed by atoms with Crippen LogP contribution in [0.15, 0.2) is 67.3 Å². The number of hydrogen-bond donors (Lipinski definition) is 5. The molecule has 16 heteroatoms. The topological polar surface area (TPSA) is 213 Å². The number of anilines is 1. The second kappa shape index (κ2) is 10.8. The number of aryl methyl sites for hydroxylation is 1. The molecule has 0 aliphatic heterocycles. The Hall–Kier alpha value is -3.93. The molecular weight excluding hydrogens is 542 g/mol. The number of fused-ring (bicyclic) bond motifs is 2. The van der Waals surface area contributed by atoms with Gasteiger partial charge < -0.3 is 15.3 Å². The van der Waals surface area contributed by atoms with Crippen molar-refractivity contribution < 1.29 is 37.2 Å². The van der Waals surface area contributed by atoms with Crippen LogP contribution in [0.5, 0.6) is 0 Å². The highest BCUT2D eigenvalue weighted by Crippen LogP contribution is 2.36. The molecule has 1 atom stereocenters. The number of azo groups is 1. The SMILES string of the molecule is CC(=O)C(N=Nc1cc(S(=O)(=O)O)cc2cc(SOOO)cc(C)c12)C(=O)Nc1ccc2[nH]c(=O)[nH]c2c1. The molecule has 0 fully saturated rings. The fourth-order valence-corrected chi connectivity index (χ4v) is 4.78. The molecule has 1 heterocycles. The first-order chi connectivity index (χ1) is 18.0. The smallest absolute Gasteiger partial charge is 0.323 e. The minimum absolute atomic E-state index is 0.0335. The van der Waals surface area contributed by atoms with Crippen LogP contribution >= 0.6 is 12.0 Å². The summed E-state index contributed by atoms with van der Waals surface area (Å²) in [5.74, 6) is -1.46. The minimum Gasteiger partial charge on any atom is -0.324 e. The maximum atomic E-state index is 12.9. The monoisotopic (exact) mass is 561 g/mol. The van der Waals surface area contributed by atoms with Crippen LogP contribution < -0.4 is 11.0 Å². The van der Waals surface area contributed by atoms with Crippen molar-refractivity contribution in [3.63, 3.8) is 0 Å². The number of benzene rings is 3. The van der Waals surface area contributed by atoms with Gasteiger partial charge in [-0.15, -0.1) is 4.33 Å². The molecular formula is C22H19N5O9S2. The number of imidazole rings is 1. The molecule has 1 unspecified atom stereocenters. The molecule has 3 aromatic carbocycles. The van der Waals surface area contributed by atoms with Gasteiger partial charge in [-0.3, -0.25) is 14.1 Å².